The van der Waals surface area contributed by atoms with Crippen molar-refractivity contribution in [3.05, 3.63) is 17.7 Å². The van der Waals surface area contributed by atoms with E-state index in [9.17, 15) is 5.11 Å². The fourth-order valence-corrected chi connectivity index (χ4v) is 2.10. The molecule has 0 spiro atoms. The van der Waals surface area contributed by atoms with Gasteiger partial charge in [0.15, 0.2) is 5.75 Å². The second-order valence-electron chi connectivity index (χ2n) is 4.88. The number of nitrogens with zero attached hydrogens (tertiary/aromatic N) is 2. The van der Waals surface area contributed by atoms with Crippen molar-refractivity contribution in [3.63, 3.8) is 0 Å². The normalized spacial score (nSPS) is 16.7. The van der Waals surface area contributed by atoms with Crippen molar-refractivity contribution < 1.29 is 9.84 Å². The van der Waals surface area contributed by atoms with E-state index in [0.717, 1.165) is 18.7 Å². The molecule has 0 atom stereocenters. The van der Waals surface area contributed by atoms with Gasteiger partial charge in [0.1, 0.15) is 11.5 Å². The van der Waals surface area contributed by atoms with Crippen molar-refractivity contribution in [2.24, 2.45) is 0 Å². The predicted octanol–water partition coefficient (Wildman–Crippen LogP) is 2.41. The highest BCUT2D eigenvalue weighted by Crippen LogP contribution is 2.26. The van der Waals surface area contributed by atoms with E-state index in [1.165, 1.54) is 12.8 Å². The van der Waals surface area contributed by atoms with Crippen molar-refractivity contribution in [2.75, 3.05) is 0 Å². The Morgan fingerprint density at radius 3 is 2.71 bits per heavy atom. The number of aromatic nitrogens is 2. The quantitative estimate of drug-likeness (QED) is 0.872. The standard InChI is InChI=1S/C13H20N2O2/c1-9(2)13-14-7-12(11(8-16)15-13)17-10-5-3-4-6-10/h7,9-10,16H,3-6,8H2,1-2H3. The molecule has 0 radical (unpaired) electrons. The van der Waals surface area contributed by atoms with Crippen molar-refractivity contribution in [3.8, 4) is 5.75 Å². The Hall–Kier alpha value is -1.16. The summed E-state index contributed by atoms with van der Waals surface area (Å²) < 4.78 is 5.85. The summed E-state index contributed by atoms with van der Waals surface area (Å²) in [4.78, 5) is 8.63. The van der Waals surface area contributed by atoms with Gasteiger partial charge in [-0.3, -0.25) is 0 Å². The Balaban J connectivity index is 2.15. The molecule has 1 saturated carbocycles. The molecule has 0 unspecified atom stereocenters. The van der Waals surface area contributed by atoms with Crippen LogP contribution in [0.3, 0.4) is 0 Å². The first-order valence-electron chi connectivity index (χ1n) is 6.34. The molecule has 1 aliphatic carbocycles. The van der Waals surface area contributed by atoms with Gasteiger partial charge in [0.2, 0.25) is 0 Å². The fraction of sp³-hybridized carbons (Fsp3) is 0.692. The van der Waals surface area contributed by atoms with Gasteiger partial charge in [-0.15, -0.1) is 0 Å². The lowest BCUT2D eigenvalue weighted by molar-refractivity contribution is 0.195. The van der Waals surface area contributed by atoms with Crippen LogP contribution >= 0.6 is 0 Å². The smallest absolute Gasteiger partial charge is 0.161 e. The SMILES string of the molecule is CC(C)c1ncc(OC2CCCC2)c(CO)n1. The predicted molar refractivity (Wildman–Crippen MR) is 64.9 cm³/mol. The molecule has 0 aromatic carbocycles. The zero-order valence-electron chi connectivity index (χ0n) is 10.5. The summed E-state index contributed by atoms with van der Waals surface area (Å²) >= 11 is 0. The van der Waals surface area contributed by atoms with Gasteiger partial charge in [0, 0.05) is 5.92 Å². The molecule has 0 amide bonds. The first kappa shape index (κ1) is 12.3. The minimum absolute atomic E-state index is 0.0930. The second kappa shape index (κ2) is 5.45. The van der Waals surface area contributed by atoms with E-state index in [1.807, 2.05) is 13.8 Å². The number of aliphatic hydroxyl groups is 1. The van der Waals surface area contributed by atoms with Gasteiger partial charge in [-0.2, -0.15) is 0 Å². The molecule has 4 heteroatoms. The summed E-state index contributed by atoms with van der Waals surface area (Å²) in [6.45, 7) is 3.98. The summed E-state index contributed by atoms with van der Waals surface area (Å²) in [6.07, 6.45) is 6.61. The molecule has 4 nitrogen and oxygen atoms in total. The van der Waals surface area contributed by atoms with Crippen LogP contribution < -0.4 is 4.74 Å². The first-order valence-corrected chi connectivity index (χ1v) is 6.34. The lowest BCUT2D eigenvalue weighted by Crippen LogP contribution is -2.14. The highest BCUT2D eigenvalue weighted by molar-refractivity contribution is 5.25. The van der Waals surface area contributed by atoms with E-state index in [0.29, 0.717) is 11.4 Å². The van der Waals surface area contributed by atoms with E-state index >= 15 is 0 Å². The molecule has 0 saturated heterocycles. The Bertz CT molecular complexity index is 374. The largest absolute Gasteiger partial charge is 0.487 e. The molecule has 0 bridgehead atoms. The lowest BCUT2D eigenvalue weighted by atomic mass is 10.2. The van der Waals surface area contributed by atoms with Gasteiger partial charge in [-0.05, 0) is 25.7 Å². The van der Waals surface area contributed by atoms with Crippen LogP contribution in [0.15, 0.2) is 6.20 Å². The van der Waals surface area contributed by atoms with Crippen LogP contribution in [0.4, 0.5) is 0 Å². The van der Waals surface area contributed by atoms with Gasteiger partial charge < -0.3 is 9.84 Å². The maximum Gasteiger partial charge on any atom is 0.161 e. The summed E-state index contributed by atoms with van der Waals surface area (Å²) in [7, 11) is 0. The lowest BCUT2D eigenvalue weighted by Gasteiger charge is -2.15. The Morgan fingerprint density at radius 1 is 1.41 bits per heavy atom. The van der Waals surface area contributed by atoms with Crippen molar-refractivity contribution in [1.29, 1.82) is 0 Å². The molecule has 1 aromatic heterocycles. The summed E-state index contributed by atoms with van der Waals surface area (Å²) in [5.41, 5.74) is 0.607. The number of hydrogen-bond donors (Lipinski definition) is 1. The Morgan fingerprint density at radius 2 is 2.12 bits per heavy atom. The van der Waals surface area contributed by atoms with E-state index in [2.05, 4.69) is 9.97 Å². The number of hydrogen-bond acceptors (Lipinski definition) is 4. The van der Waals surface area contributed by atoms with E-state index in [4.69, 9.17) is 4.74 Å². The second-order valence-corrected chi connectivity index (χ2v) is 4.88. The molecule has 17 heavy (non-hydrogen) atoms. The molecule has 94 valence electrons. The van der Waals surface area contributed by atoms with E-state index < -0.39 is 0 Å². The minimum atomic E-state index is -0.0930. The third-order valence-corrected chi connectivity index (χ3v) is 3.11. The van der Waals surface area contributed by atoms with Gasteiger partial charge in [-0.1, -0.05) is 13.8 Å². The van der Waals surface area contributed by atoms with Gasteiger partial charge in [-0.25, -0.2) is 9.97 Å². The summed E-state index contributed by atoms with van der Waals surface area (Å²) in [6, 6.07) is 0. The molecule has 1 N–H and O–H groups in total. The van der Waals surface area contributed by atoms with Crippen LogP contribution in [-0.4, -0.2) is 21.2 Å². The molecule has 1 fully saturated rings. The molecular weight excluding hydrogens is 216 g/mol. The van der Waals surface area contributed by atoms with Gasteiger partial charge in [0.25, 0.3) is 0 Å². The van der Waals surface area contributed by atoms with E-state index in [-0.39, 0.29) is 18.6 Å². The number of rotatable bonds is 4. The molecule has 1 aromatic rings. The fourth-order valence-electron chi connectivity index (χ4n) is 2.10. The Kier molecular flexibility index (Phi) is 3.94. The average molecular weight is 236 g/mol. The third-order valence-electron chi connectivity index (χ3n) is 3.11. The summed E-state index contributed by atoms with van der Waals surface area (Å²) in [5.74, 6) is 1.66. The molecule has 0 aliphatic heterocycles. The van der Waals surface area contributed by atoms with Crippen molar-refractivity contribution >= 4 is 0 Å². The van der Waals surface area contributed by atoms with Gasteiger partial charge in [0.05, 0.1) is 18.9 Å². The van der Waals surface area contributed by atoms with Crippen LogP contribution in [0.1, 0.15) is 57.0 Å². The third kappa shape index (κ3) is 2.94. The topological polar surface area (TPSA) is 55.2 Å². The average Bonchev–Trinajstić information content (AvgIpc) is 2.82. The van der Waals surface area contributed by atoms with Crippen LogP contribution in [0, 0.1) is 0 Å². The van der Waals surface area contributed by atoms with Crippen LogP contribution in [-0.2, 0) is 6.61 Å². The highest BCUT2D eigenvalue weighted by atomic mass is 16.5. The van der Waals surface area contributed by atoms with Crippen molar-refractivity contribution in [2.45, 2.75) is 58.2 Å². The zero-order valence-corrected chi connectivity index (χ0v) is 10.5. The monoisotopic (exact) mass is 236 g/mol. The van der Waals surface area contributed by atoms with Gasteiger partial charge >= 0.3 is 0 Å². The molecule has 2 rings (SSSR count). The van der Waals surface area contributed by atoms with Crippen LogP contribution in [0.5, 0.6) is 5.75 Å². The van der Waals surface area contributed by atoms with E-state index in [1.54, 1.807) is 6.20 Å². The molecule has 1 heterocycles. The minimum Gasteiger partial charge on any atom is -0.487 e. The van der Waals surface area contributed by atoms with Crippen molar-refractivity contribution in [1.82, 2.24) is 9.97 Å². The highest BCUT2D eigenvalue weighted by Gasteiger charge is 2.19. The summed E-state index contributed by atoms with van der Waals surface area (Å²) in [5, 5.41) is 9.33. The number of aliphatic hydroxyl groups excluding tert-OH is 1. The first-order chi connectivity index (χ1) is 8.20. The number of ether oxygens (including phenoxy) is 1. The maximum absolute atomic E-state index is 9.33. The van der Waals surface area contributed by atoms with Crippen LogP contribution in [0.25, 0.3) is 0 Å². The molecular formula is C13H20N2O2. The Labute approximate surface area is 102 Å². The maximum atomic E-state index is 9.33. The van der Waals surface area contributed by atoms with Crippen LogP contribution in [0.2, 0.25) is 0 Å². The molecule has 1 aliphatic rings. The zero-order chi connectivity index (χ0) is 12.3.